The highest BCUT2D eigenvalue weighted by Gasteiger charge is 2.46. The summed E-state index contributed by atoms with van der Waals surface area (Å²) in [5, 5.41) is 3.27. The van der Waals surface area contributed by atoms with Gasteiger partial charge in [-0.1, -0.05) is 38.5 Å². The van der Waals surface area contributed by atoms with E-state index < -0.39 is 8.46 Å². The molecular weight excluding hydrogens is 292 g/mol. The Bertz CT molecular complexity index is 207. The van der Waals surface area contributed by atoms with Crippen LogP contribution in [0.3, 0.4) is 0 Å². The van der Waals surface area contributed by atoms with Gasteiger partial charge in [-0.3, -0.25) is 0 Å². The molecule has 0 radical (unpaired) electrons. The predicted octanol–water partition coefficient (Wildman–Crippen LogP) is 5.93. The van der Waals surface area contributed by atoms with Crippen molar-refractivity contribution >= 4 is 23.3 Å². The molecule has 0 nitrogen and oxygen atoms in total. The maximum Gasteiger partial charge on any atom is -0.00162 e. The third-order valence-corrected chi connectivity index (χ3v) is 14.7. The fourth-order valence-electron chi connectivity index (χ4n) is 4.57. The summed E-state index contributed by atoms with van der Waals surface area (Å²) in [6, 6.07) is 0. The second kappa shape index (κ2) is 5.45. The quantitative estimate of drug-likeness (QED) is 0.605. The Morgan fingerprint density at radius 3 is 1.00 bits per heavy atom. The van der Waals surface area contributed by atoms with E-state index in [1.54, 1.807) is 38.5 Å². The van der Waals surface area contributed by atoms with Crippen molar-refractivity contribution in [1.82, 2.24) is 0 Å². The molecule has 17 heavy (non-hydrogen) atoms. The first-order chi connectivity index (χ1) is 8.32. The Morgan fingerprint density at radius 2 is 0.765 bits per heavy atom. The van der Waals surface area contributed by atoms with Crippen LogP contribution >= 0.6 is 23.3 Å². The first-order valence-electron chi connectivity index (χ1n) is 7.81. The van der Waals surface area contributed by atoms with Gasteiger partial charge in [0.15, 0.2) is 0 Å². The van der Waals surface area contributed by atoms with E-state index in [0.29, 0.717) is 0 Å². The summed E-state index contributed by atoms with van der Waals surface area (Å²) in [7, 11) is -0.462. The molecule has 0 amide bonds. The molecule has 0 aromatic heterocycles. The summed E-state index contributed by atoms with van der Waals surface area (Å²) in [5.41, 5.74) is 0. The standard InChI is InChI=1S/C15H27BrS/c16-17(13-7-1-2-8-13,14-9-3-4-10-14)15-11-5-6-12-15/h13-15H,1-12H2. The minimum Gasteiger partial charge on any atom is -0.174 e. The smallest absolute Gasteiger partial charge is 0.00162 e. The van der Waals surface area contributed by atoms with Crippen LogP contribution in [-0.4, -0.2) is 15.7 Å². The monoisotopic (exact) mass is 318 g/mol. The van der Waals surface area contributed by atoms with E-state index in [2.05, 4.69) is 14.8 Å². The lowest BCUT2D eigenvalue weighted by Gasteiger charge is -2.49. The van der Waals surface area contributed by atoms with Crippen molar-refractivity contribution in [3.8, 4) is 0 Å². The molecule has 0 saturated heterocycles. The van der Waals surface area contributed by atoms with Gasteiger partial charge in [-0.15, -0.1) is 0 Å². The topological polar surface area (TPSA) is 0 Å². The van der Waals surface area contributed by atoms with Crippen LogP contribution in [0.25, 0.3) is 0 Å². The maximum absolute atomic E-state index is 4.45. The average Bonchev–Trinajstić information content (AvgIpc) is 3.10. The van der Waals surface area contributed by atoms with E-state index in [9.17, 15) is 0 Å². The van der Waals surface area contributed by atoms with Crippen LogP contribution in [-0.2, 0) is 0 Å². The van der Waals surface area contributed by atoms with Crippen LogP contribution < -0.4 is 0 Å². The SMILES string of the molecule is BrS(C1CCCC1)(C1CCCC1)C1CCCC1. The summed E-state index contributed by atoms with van der Waals surface area (Å²) in [6.45, 7) is 0. The number of hydrogen-bond acceptors (Lipinski definition) is 0. The minimum atomic E-state index is -0.462. The molecule has 0 atom stereocenters. The van der Waals surface area contributed by atoms with Crippen LogP contribution in [0.5, 0.6) is 0 Å². The fraction of sp³-hybridized carbons (Fsp3) is 1.00. The van der Waals surface area contributed by atoms with E-state index in [1.807, 2.05) is 0 Å². The van der Waals surface area contributed by atoms with Crippen LogP contribution in [0.15, 0.2) is 0 Å². The minimum absolute atomic E-state index is 0.462. The molecule has 0 aliphatic heterocycles. The third-order valence-electron chi connectivity index (χ3n) is 5.44. The number of hydrogen-bond donors (Lipinski definition) is 0. The highest BCUT2D eigenvalue weighted by atomic mass is 79.9. The lowest BCUT2D eigenvalue weighted by atomic mass is 10.3. The van der Waals surface area contributed by atoms with E-state index >= 15 is 0 Å². The second-order valence-corrected chi connectivity index (χ2v) is 13.1. The van der Waals surface area contributed by atoms with Gasteiger partial charge < -0.3 is 0 Å². The molecule has 0 unspecified atom stereocenters. The van der Waals surface area contributed by atoms with Crippen LogP contribution in [0, 0.1) is 0 Å². The summed E-state index contributed by atoms with van der Waals surface area (Å²) >= 11 is 4.45. The normalized spacial score (nSPS) is 30.4. The average molecular weight is 319 g/mol. The lowest BCUT2D eigenvalue weighted by Crippen LogP contribution is -2.29. The van der Waals surface area contributed by atoms with E-state index in [4.69, 9.17) is 0 Å². The molecule has 3 fully saturated rings. The molecule has 0 spiro atoms. The van der Waals surface area contributed by atoms with Gasteiger partial charge in [-0.2, -0.15) is 8.46 Å². The molecule has 0 aromatic carbocycles. The third kappa shape index (κ3) is 2.33. The van der Waals surface area contributed by atoms with E-state index in [-0.39, 0.29) is 0 Å². The molecule has 3 rings (SSSR count). The van der Waals surface area contributed by atoms with Gasteiger partial charge in [-0.25, -0.2) is 0 Å². The van der Waals surface area contributed by atoms with Gasteiger partial charge in [0, 0.05) is 0 Å². The van der Waals surface area contributed by atoms with Crippen LogP contribution in [0.1, 0.15) is 77.0 Å². The first-order valence-corrected chi connectivity index (χ1v) is 11.5. The first kappa shape index (κ1) is 12.8. The van der Waals surface area contributed by atoms with Gasteiger partial charge in [0.25, 0.3) is 0 Å². The predicted molar refractivity (Wildman–Crippen MR) is 83.3 cm³/mol. The maximum atomic E-state index is 4.45. The fourth-order valence-corrected chi connectivity index (χ4v) is 12.7. The summed E-state index contributed by atoms with van der Waals surface area (Å²) in [6.07, 6.45) is 18.4. The Balaban J connectivity index is 1.81. The highest BCUT2D eigenvalue weighted by Crippen LogP contribution is 2.75. The Hall–Kier alpha value is 0.830. The Labute approximate surface area is 116 Å². The van der Waals surface area contributed by atoms with Crippen molar-refractivity contribution < 1.29 is 0 Å². The zero-order valence-corrected chi connectivity index (χ0v) is 13.4. The molecular formula is C15H27BrS. The molecule has 3 aliphatic carbocycles. The zero-order valence-electron chi connectivity index (χ0n) is 11.0. The van der Waals surface area contributed by atoms with Crippen LogP contribution in [0.4, 0.5) is 0 Å². The number of rotatable bonds is 3. The molecule has 3 aliphatic rings. The van der Waals surface area contributed by atoms with Crippen molar-refractivity contribution in [2.24, 2.45) is 0 Å². The molecule has 2 heteroatoms. The molecule has 0 N–H and O–H groups in total. The van der Waals surface area contributed by atoms with Gasteiger partial charge in [-0.05, 0) is 69.1 Å². The second-order valence-electron chi connectivity index (χ2n) is 6.39. The summed E-state index contributed by atoms with van der Waals surface area (Å²) in [5.74, 6) is 0. The van der Waals surface area contributed by atoms with Gasteiger partial charge in [0.1, 0.15) is 0 Å². The van der Waals surface area contributed by atoms with Gasteiger partial charge in [0.05, 0.1) is 0 Å². The Morgan fingerprint density at radius 1 is 0.529 bits per heavy atom. The van der Waals surface area contributed by atoms with Crippen LogP contribution in [0.2, 0.25) is 0 Å². The molecule has 0 heterocycles. The van der Waals surface area contributed by atoms with Gasteiger partial charge >= 0.3 is 0 Å². The molecule has 0 bridgehead atoms. The van der Waals surface area contributed by atoms with Crippen molar-refractivity contribution in [3.05, 3.63) is 0 Å². The molecule has 100 valence electrons. The van der Waals surface area contributed by atoms with E-state index in [0.717, 1.165) is 15.7 Å². The largest absolute Gasteiger partial charge is 0.174 e. The molecule has 3 saturated carbocycles. The summed E-state index contributed by atoms with van der Waals surface area (Å²) < 4.78 is 0. The van der Waals surface area contributed by atoms with Crippen molar-refractivity contribution in [2.75, 3.05) is 0 Å². The molecule has 0 aromatic rings. The van der Waals surface area contributed by atoms with Crippen molar-refractivity contribution in [3.63, 3.8) is 0 Å². The van der Waals surface area contributed by atoms with Crippen molar-refractivity contribution in [2.45, 2.75) is 92.8 Å². The van der Waals surface area contributed by atoms with Gasteiger partial charge in [0.2, 0.25) is 0 Å². The number of halogens is 1. The van der Waals surface area contributed by atoms with Crippen molar-refractivity contribution in [1.29, 1.82) is 0 Å². The lowest BCUT2D eigenvalue weighted by molar-refractivity contribution is 0.793. The highest BCUT2D eigenvalue weighted by molar-refractivity contribution is 9.58. The summed E-state index contributed by atoms with van der Waals surface area (Å²) in [4.78, 5) is 0. The zero-order chi connectivity index (χ0) is 11.7. The Kier molecular flexibility index (Phi) is 4.11. The van der Waals surface area contributed by atoms with E-state index in [1.165, 1.54) is 38.5 Å².